The highest BCUT2D eigenvalue weighted by Crippen LogP contribution is 2.19. The molecule has 0 bridgehead atoms. The number of rotatable bonds is 5. The SMILES string of the molecule is Cc1nn(-c2ccccc2)nc1C(=O)OCC(=O)Nc1ccc(Br)cc1F. The molecule has 0 atom stereocenters. The van der Waals surface area contributed by atoms with Crippen LogP contribution in [0.25, 0.3) is 5.69 Å². The Labute approximate surface area is 162 Å². The fourth-order valence-electron chi connectivity index (χ4n) is 2.22. The molecule has 1 heterocycles. The van der Waals surface area contributed by atoms with Crippen LogP contribution in [0, 0.1) is 12.7 Å². The maximum Gasteiger partial charge on any atom is 0.361 e. The molecule has 0 saturated heterocycles. The topological polar surface area (TPSA) is 86.1 Å². The summed E-state index contributed by atoms with van der Waals surface area (Å²) < 4.78 is 19.2. The molecular formula is C18H14BrFN4O3. The van der Waals surface area contributed by atoms with Crippen LogP contribution in [-0.4, -0.2) is 33.5 Å². The van der Waals surface area contributed by atoms with Crippen molar-refractivity contribution in [1.29, 1.82) is 0 Å². The minimum absolute atomic E-state index is 0.00137. The lowest BCUT2D eigenvalue weighted by Gasteiger charge is -2.07. The first-order valence-electron chi connectivity index (χ1n) is 7.85. The molecule has 27 heavy (non-hydrogen) atoms. The third-order valence-corrected chi connectivity index (χ3v) is 4.00. The van der Waals surface area contributed by atoms with Gasteiger partial charge in [-0.25, -0.2) is 9.18 Å². The molecule has 0 fully saturated rings. The Bertz CT molecular complexity index is 992. The number of aromatic nitrogens is 3. The second kappa shape index (κ2) is 8.09. The predicted molar refractivity (Wildman–Crippen MR) is 99.1 cm³/mol. The van der Waals surface area contributed by atoms with Gasteiger partial charge >= 0.3 is 5.97 Å². The number of halogens is 2. The van der Waals surface area contributed by atoms with E-state index in [9.17, 15) is 14.0 Å². The van der Waals surface area contributed by atoms with E-state index < -0.39 is 24.3 Å². The van der Waals surface area contributed by atoms with Crippen molar-refractivity contribution in [3.05, 3.63) is 70.2 Å². The Morgan fingerprint density at radius 1 is 1.19 bits per heavy atom. The normalized spacial score (nSPS) is 10.5. The van der Waals surface area contributed by atoms with Crippen LogP contribution < -0.4 is 5.32 Å². The molecule has 7 nitrogen and oxygen atoms in total. The van der Waals surface area contributed by atoms with Crippen LogP contribution >= 0.6 is 15.9 Å². The lowest BCUT2D eigenvalue weighted by atomic mass is 10.3. The minimum Gasteiger partial charge on any atom is -0.451 e. The summed E-state index contributed by atoms with van der Waals surface area (Å²) in [6, 6.07) is 13.2. The van der Waals surface area contributed by atoms with E-state index in [0.717, 1.165) is 0 Å². The van der Waals surface area contributed by atoms with Gasteiger partial charge in [0.2, 0.25) is 0 Å². The number of anilines is 1. The van der Waals surface area contributed by atoms with Crippen LogP contribution in [-0.2, 0) is 9.53 Å². The molecule has 0 radical (unpaired) electrons. The van der Waals surface area contributed by atoms with E-state index in [1.54, 1.807) is 25.1 Å². The Kier molecular flexibility index (Phi) is 5.60. The zero-order chi connectivity index (χ0) is 19.4. The van der Waals surface area contributed by atoms with Crippen molar-refractivity contribution in [3.8, 4) is 5.69 Å². The molecule has 138 valence electrons. The first-order chi connectivity index (χ1) is 12.9. The number of nitrogens with one attached hydrogen (secondary N) is 1. The van der Waals surface area contributed by atoms with E-state index in [2.05, 4.69) is 31.4 Å². The number of hydrogen-bond donors (Lipinski definition) is 1. The van der Waals surface area contributed by atoms with Crippen molar-refractivity contribution < 1.29 is 18.7 Å². The van der Waals surface area contributed by atoms with E-state index in [1.807, 2.05) is 18.2 Å². The maximum absolute atomic E-state index is 13.7. The molecule has 1 aromatic heterocycles. The first-order valence-corrected chi connectivity index (χ1v) is 8.65. The molecule has 9 heteroatoms. The fraction of sp³-hybridized carbons (Fsp3) is 0.111. The number of esters is 1. The Balaban J connectivity index is 1.62. The molecule has 0 saturated carbocycles. The van der Waals surface area contributed by atoms with Crippen molar-refractivity contribution >= 4 is 33.5 Å². The monoisotopic (exact) mass is 432 g/mol. The van der Waals surface area contributed by atoms with E-state index in [0.29, 0.717) is 15.9 Å². The van der Waals surface area contributed by atoms with E-state index in [-0.39, 0.29) is 11.4 Å². The van der Waals surface area contributed by atoms with Gasteiger partial charge in [0.1, 0.15) is 5.82 Å². The number of ether oxygens (including phenoxy) is 1. The number of benzene rings is 2. The summed E-state index contributed by atoms with van der Waals surface area (Å²) in [6.07, 6.45) is 0. The third kappa shape index (κ3) is 4.56. The van der Waals surface area contributed by atoms with Gasteiger partial charge in [-0.05, 0) is 37.3 Å². The summed E-state index contributed by atoms with van der Waals surface area (Å²) in [7, 11) is 0. The molecule has 3 rings (SSSR count). The van der Waals surface area contributed by atoms with Gasteiger partial charge in [-0.3, -0.25) is 4.79 Å². The number of carbonyl (C=O) groups excluding carboxylic acids is 2. The Morgan fingerprint density at radius 3 is 2.63 bits per heavy atom. The maximum atomic E-state index is 13.7. The quantitative estimate of drug-likeness (QED) is 0.625. The number of amides is 1. The number of nitrogens with zero attached hydrogens (tertiary/aromatic N) is 3. The predicted octanol–water partition coefficient (Wildman–Crippen LogP) is 3.27. The van der Waals surface area contributed by atoms with Crippen LogP contribution in [0.4, 0.5) is 10.1 Å². The van der Waals surface area contributed by atoms with Crippen molar-refractivity contribution in [1.82, 2.24) is 15.0 Å². The fourth-order valence-corrected chi connectivity index (χ4v) is 2.55. The van der Waals surface area contributed by atoms with Gasteiger partial charge in [-0.2, -0.15) is 9.90 Å². The molecule has 3 aromatic rings. The molecule has 0 aliphatic rings. The molecule has 1 N–H and O–H groups in total. The van der Waals surface area contributed by atoms with Crippen molar-refractivity contribution in [2.75, 3.05) is 11.9 Å². The third-order valence-electron chi connectivity index (χ3n) is 3.50. The number of para-hydroxylation sites is 1. The second-order valence-corrected chi connectivity index (χ2v) is 6.42. The molecule has 1 amide bonds. The number of aryl methyl sites for hydroxylation is 1. The number of carbonyl (C=O) groups is 2. The largest absolute Gasteiger partial charge is 0.451 e. The van der Waals surface area contributed by atoms with Gasteiger partial charge in [-0.1, -0.05) is 34.1 Å². The van der Waals surface area contributed by atoms with Crippen molar-refractivity contribution in [3.63, 3.8) is 0 Å². The zero-order valence-corrected chi connectivity index (χ0v) is 15.7. The van der Waals surface area contributed by atoms with Gasteiger partial charge in [0.05, 0.1) is 17.1 Å². The van der Waals surface area contributed by atoms with Gasteiger partial charge in [0.25, 0.3) is 5.91 Å². The summed E-state index contributed by atoms with van der Waals surface area (Å²) >= 11 is 3.13. The lowest BCUT2D eigenvalue weighted by molar-refractivity contribution is -0.119. The summed E-state index contributed by atoms with van der Waals surface area (Å²) in [4.78, 5) is 25.4. The van der Waals surface area contributed by atoms with Gasteiger partial charge in [-0.15, -0.1) is 5.10 Å². The summed E-state index contributed by atoms with van der Waals surface area (Å²) in [5.74, 6) is -2.07. The van der Waals surface area contributed by atoms with Gasteiger partial charge < -0.3 is 10.1 Å². The smallest absolute Gasteiger partial charge is 0.361 e. The average Bonchev–Trinajstić information content (AvgIpc) is 3.05. The average molecular weight is 433 g/mol. The van der Waals surface area contributed by atoms with Crippen LogP contribution in [0.2, 0.25) is 0 Å². The highest BCUT2D eigenvalue weighted by molar-refractivity contribution is 9.10. The van der Waals surface area contributed by atoms with E-state index in [1.165, 1.54) is 16.9 Å². The van der Waals surface area contributed by atoms with Crippen molar-refractivity contribution in [2.24, 2.45) is 0 Å². The highest BCUT2D eigenvalue weighted by Gasteiger charge is 2.19. The van der Waals surface area contributed by atoms with Gasteiger partial charge in [0.15, 0.2) is 12.3 Å². The number of hydrogen-bond acceptors (Lipinski definition) is 5. The molecule has 0 spiro atoms. The molecule has 0 aliphatic heterocycles. The summed E-state index contributed by atoms with van der Waals surface area (Å²) in [6.45, 7) is 1.03. The second-order valence-electron chi connectivity index (χ2n) is 5.51. The molecule has 0 aliphatic carbocycles. The Hall–Kier alpha value is -3.07. The standard InChI is InChI=1S/C18H14BrFN4O3/c1-11-17(23-24(22-11)13-5-3-2-4-6-13)18(26)27-10-16(25)21-15-8-7-12(19)9-14(15)20/h2-9H,10H2,1H3,(H,21,25). The van der Waals surface area contributed by atoms with E-state index in [4.69, 9.17) is 4.74 Å². The highest BCUT2D eigenvalue weighted by atomic mass is 79.9. The van der Waals surface area contributed by atoms with Crippen LogP contribution in [0.3, 0.4) is 0 Å². The zero-order valence-electron chi connectivity index (χ0n) is 14.1. The Morgan fingerprint density at radius 2 is 1.93 bits per heavy atom. The van der Waals surface area contributed by atoms with Crippen LogP contribution in [0.5, 0.6) is 0 Å². The molecular weight excluding hydrogens is 419 g/mol. The lowest BCUT2D eigenvalue weighted by Crippen LogP contribution is -2.22. The van der Waals surface area contributed by atoms with Crippen LogP contribution in [0.1, 0.15) is 16.2 Å². The van der Waals surface area contributed by atoms with Gasteiger partial charge in [0, 0.05) is 4.47 Å². The van der Waals surface area contributed by atoms with Crippen LogP contribution in [0.15, 0.2) is 53.0 Å². The van der Waals surface area contributed by atoms with Crippen molar-refractivity contribution in [2.45, 2.75) is 6.92 Å². The van der Waals surface area contributed by atoms with E-state index >= 15 is 0 Å². The minimum atomic E-state index is -0.791. The molecule has 2 aromatic carbocycles. The molecule has 0 unspecified atom stereocenters. The summed E-state index contributed by atoms with van der Waals surface area (Å²) in [5, 5.41) is 10.6. The summed E-state index contributed by atoms with van der Waals surface area (Å²) in [5.41, 5.74) is 1.04. The first kappa shape index (κ1) is 18.7.